The molecule has 0 aromatic heterocycles. The van der Waals surface area contributed by atoms with Gasteiger partial charge in [-0.3, -0.25) is 8.42 Å². The number of rotatable bonds is 4. The summed E-state index contributed by atoms with van der Waals surface area (Å²) in [5.41, 5.74) is 8.50. The lowest BCUT2D eigenvalue weighted by atomic mass is 11.2. The first-order valence-corrected chi connectivity index (χ1v) is 7.84. The topological polar surface area (TPSA) is 230 Å². The van der Waals surface area contributed by atoms with Crippen LogP contribution >= 0.6 is 7.26 Å². The average Bonchev–Trinajstić information content (AvgIpc) is 2.19. The lowest BCUT2D eigenvalue weighted by Gasteiger charge is -2.15. The van der Waals surface area contributed by atoms with Gasteiger partial charge in [-0.2, -0.15) is 0 Å². The molecule has 0 aliphatic heterocycles. The van der Waals surface area contributed by atoms with Crippen LogP contribution in [-0.2, 0) is 10.4 Å². The van der Waals surface area contributed by atoms with E-state index in [4.69, 9.17) is 42.7 Å². The zero-order valence-electron chi connectivity index (χ0n) is 9.17. The van der Waals surface area contributed by atoms with Crippen LogP contribution in [0.5, 0.6) is 0 Å². The standard InChI is InChI=1S/C4H12O4P.CH4N2O.H2O4S/c5-1-9(2-6,3-7)4-8;2-1(3)4;1-5(2,3)4/h5-8H,1-4H2;(H4,2,3,4);(H2,1,2,3,4)/q+1;;/p-2. The summed E-state index contributed by atoms with van der Waals surface area (Å²) in [6, 6.07) is -0.833. The smallest absolute Gasteiger partial charge is 0.309 e. The molecule has 0 spiro atoms. The summed E-state index contributed by atoms with van der Waals surface area (Å²) >= 11 is 0. The van der Waals surface area contributed by atoms with Gasteiger partial charge in [-0.15, -0.1) is 0 Å². The lowest BCUT2D eigenvalue weighted by Crippen LogP contribution is -2.18. The Labute approximate surface area is 104 Å². The number of carbonyl (C=O) groups is 1. The molecule has 0 aromatic carbocycles. The van der Waals surface area contributed by atoms with E-state index < -0.39 is 23.7 Å². The minimum Gasteiger partial charge on any atom is -0.759 e. The second-order valence-corrected chi connectivity index (χ2v) is 7.35. The van der Waals surface area contributed by atoms with Gasteiger partial charge in [-0.05, 0) is 0 Å². The third-order valence-electron chi connectivity index (χ3n) is 1.20. The van der Waals surface area contributed by atoms with Crippen molar-refractivity contribution in [3.05, 3.63) is 0 Å². The number of urea groups is 1. The van der Waals surface area contributed by atoms with Crippen LogP contribution in [0.25, 0.3) is 0 Å². The minimum atomic E-state index is -5.17. The molecule has 2 amide bonds. The fourth-order valence-electron chi connectivity index (χ4n) is 0.268. The largest absolute Gasteiger partial charge is 0.759 e. The van der Waals surface area contributed by atoms with Gasteiger partial charge in [0.25, 0.3) is 0 Å². The Hall–Kier alpha value is -0.590. The molecule has 0 atom stereocenters. The van der Waals surface area contributed by atoms with E-state index >= 15 is 0 Å². The maximum atomic E-state index is 9.00. The predicted octanol–water partition coefficient (Wildman–Crippen LogP) is -3.51. The SMILES string of the molecule is NC(N)=O.O=S(=O)([O-])[O-].OC[P+](CO)(CO)CO. The fourth-order valence-corrected chi connectivity index (χ4v) is 0.805. The third kappa shape index (κ3) is 24.6. The number of amides is 2. The van der Waals surface area contributed by atoms with E-state index in [1.165, 1.54) is 0 Å². The van der Waals surface area contributed by atoms with Crippen molar-refractivity contribution in [3.8, 4) is 0 Å². The van der Waals surface area contributed by atoms with Crippen LogP contribution < -0.4 is 11.5 Å². The molecule has 0 aliphatic rings. The predicted molar refractivity (Wildman–Crippen MR) is 59.5 cm³/mol. The van der Waals surface area contributed by atoms with E-state index in [0.717, 1.165) is 0 Å². The third-order valence-corrected chi connectivity index (χ3v) is 3.60. The van der Waals surface area contributed by atoms with Crippen molar-refractivity contribution in [3.63, 3.8) is 0 Å². The number of hydrogen-bond acceptors (Lipinski definition) is 9. The van der Waals surface area contributed by atoms with Crippen LogP contribution in [0.3, 0.4) is 0 Å². The highest BCUT2D eigenvalue weighted by Crippen LogP contribution is 2.54. The van der Waals surface area contributed by atoms with Crippen LogP contribution in [0, 0.1) is 0 Å². The first-order valence-electron chi connectivity index (χ1n) is 3.98. The van der Waals surface area contributed by atoms with Crippen LogP contribution in [0.4, 0.5) is 4.79 Å². The molecule has 0 unspecified atom stereocenters. The summed E-state index contributed by atoms with van der Waals surface area (Å²) in [4.78, 5) is 9.00. The van der Waals surface area contributed by atoms with E-state index in [0.29, 0.717) is 0 Å². The van der Waals surface area contributed by atoms with E-state index in [1.54, 1.807) is 0 Å². The van der Waals surface area contributed by atoms with Gasteiger partial charge in [0.15, 0.2) is 25.4 Å². The van der Waals surface area contributed by atoms with Gasteiger partial charge in [0, 0.05) is 10.4 Å². The van der Waals surface area contributed by atoms with E-state index in [1.807, 2.05) is 0 Å². The first kappa shape index (κ1) is 22.6. The summed E-state index contributed by atoms with van der Waals surface area (Å²) in [5, 5.41) is 34.2. The van der Waals surface area contributed by atoms with Gasteiger partial charge < -0.3 is 41.0 Å². The summed E-state index contributed by atoms with van der Waals surface area (Å²) in [6.45, 7) is 0. The molecule has 0 bridgehead atoms. The Bertz CT molecular complexity index is 275. The van der Waals surface area contributed by atoms with Crippen LogP contribution in [0.1, 0.15) is 0 Å². The molecule has 8 N–H and O–H groups in total. The van der Waals surface area contributed by atoms with Gasteiger partial charge >= 0.3 is 6.03 Å². The highest BCUT2D eigenvalue weighted by atomic mass is 32.3. The molecule has 18 heavy (non-hydrogen) atoms. The van der Waals surface area contributed by atoms with E-state index in [-0.39, 0.29) is 25.4 Å². The molecule has 0 radical (unpaired) electrons. The lowest BCUT2D eigenvalue weighted by molar-refractivity contribution is 0.256. The monoisotopic (exact) mass is 311 g/mol. The molecule has 0 saturated carbocycles. The molecule has 0 heterocycles. The Morgan fingerprint density at radius 2 is 1.06 bits per heavy atom. The van der Waals surface area contributed by atoms with Crippen molar-refractivity contribution >= 4 is 23.7 Å². The molecular weight excluding hydrogens is 295 g/mol. The summed E-state index contributed by atoms with van der Waals surface area (Å²) < 4.78 is 34.1. The molecule has 0 aliphatic carbocycles. The minimum absolute atomic E-state index is 0.295. The number of primary amides is 2. The fraction of sp³-hybridized carbons (Fsp3) is 0.800. The van der Waals surface area contributed by atoms with Crippen LogP contribution in [0.15, 0.2) is 0 Å². The van der Waals surface area contributed by atoms with Crippen molar-refractivity contribution in [2.45, 2.75) is 0 Å². The first-order chi connectivity index (χ1) is 7.97. The van der Waals surface area contributed by atoms with Crippen LogP contribution in [0.2, 0.25) is 0 Å². The highest BCUT2D eigenvalue weighted by molar-refractivity contribution is 7.79. The maximum Gasteiger partial charge on any atom is 0.309 e. The number of hydrogen-bond donors (Lipinski definition) is 6. The quantitative estimate of drug-likeness (QED) is 0.171. The number of carbonyl (C=O) groups excluding carboxylic acids is 1. The van der Waals surface area contributed by atoms with Crippen molar-refractivity contribution < 1.29 is 42.7 Å². The second kappa shape index (κ2) is 11.5. The van der Waals surface area contributed by atoms with E-state index in [9.17, 15) is 0 Å². The Balaban J connectivity index is -0.000000212. The summed E-state index contributed by atoms with van der Waals surface area (Å²) in [6.07, 6.45) is -1.18. The average molecular weight is 311 g/mol. The van der Waals surface area contributed by atoms with Gasteiger partial charge in [0.2, 0.25) is 0 Å². The van der Waals surface area contributed by atoms with Gasteiger partial charge in [-0.1, -0.05) is 0 Å². The highest BCUT2D eigenvalue weighted by Gasteiger charge is 2.34. The van der Waals surface area contributed by atoms with E-state index in [2.05, 4.69) is 11.5 Å². The summed E-state index contributed by atoms with van der Waals surface area (Å²) in [7, 11) is -7.36. The maximum absolute atomic E-state index is 9.00. The Morgan fingerprint density at radius 3 is 1.06 bits per heavy atom. The van der Waals surface area contributed by atoms with Crippen molar-refractivity contribution in [1.29, 1.82) is 0 Å². The molecule has 11 nitrogen and oxygen atoms in total. The normalized spacial score (nSPS) is 10.6. The van der Waals surface area contributed by atoms with Crippen molar-refractivity contribution in [1.82, 2.24) is 0 Å². The second-order valence-electron chi connectivity index (χ2n) is 2.72. The molecule has 0 aromatic rings. The Kier molecular flexibility index (Phi) is 14.4. The molecular formula is C5H16N2O9PS-. The zero-order valence-corrected chi connectivity index (χ0v) is 10.9. The number of nitrogens with two attached hydrogens (primary N) is 2. The Morgan fingerprint density at radius 1 is 0.944 bits per heavy atom. The van der Waals surface area contributed by atoms with Gasteiger partial charge in [0.05, 0.1) is 0 Å². The number of aliphatic hydroxyl groups is 4. The molecule has 112 valence electrons. The molecule has 0 rings (SSSR count). The van der Waals surface area contributed by atoms with Crippen molar-refractivity contribution in [2.24, 2.45) is 11.5 Å². The molecule has 0 fully saturated rings. The van der Waals surface area contributed by atoms with Gasteiger partial charge in [-0.25, -0.2) is 4.79 Å². The van der Waals surface area contributed by atoms with Crippen LogP contribution in [-0.4, -0.2) is 69.4 Å². The molecule has 0 saturated heterocycles. The molecule has 13 heteroatoms. The zero-order chi connectivity index (χ0) is 15.4. The van der Waals surface area contributed by atoms with Gasteiger partial charge in [0.1, 0.15) is 7.26 Å². The summed E-state index contributed by atoms with van der Waals surface area (Å²) in [5.74, 6) is 0. The number of aliphatic hydroxyl groups excluding tert-OH is 4. The van der Waals surface area contributed by atoms with Crippen molar-refractivity contribution in [2.75, 3.05) is 25.4 Å².